The molecule has 1 aromatic rings. The smallest absolute Gasteiger partial charge is 0.246 e. The van der Waals surface area contributed by atoms with Crippen LogP contribution in [0.1, 0.15) is 37.1 Å². The summed E-state index contributed by atoms with van der Waals surface area (Å²) in [4.78, 5) is 14.3. The van der Waals surface area contributed by atoms with Gasteiger partial charge in [-0.3, -0.25) is 9.89 Å². The highest BCUT2D eigenvalue weighted by atomic mass is 32.2. The van der Waals surface area contributed by atoms with Gasteiger partial charge in [-0.2, -0.15) is 9.40 Å². The van der Waals surface area contributed by atoms with Crippen LogP contribution in [-0.2, 0) is 14.8 Å². The van der Waals surface area contributed by atoms with Crippen LogP contribution in [0.25, 0.3) is 0 Å². The molecule has 1 amide bonds. The molecule has 0 aromatic carbocycles. The molecule has 1 aromatic heterocycles. The van der Waals surface area contributed by atoms with Gasteiger partial charge in [-0.25, -0.2) is 8.42 Å². The summed E-state index contributed by atoms with van der Waals surface area (Å²) in [6, 6.07) is 0. The molecule has 1 N–H and O–H groups in total. The Morgan fingerprint density at radius 2 is 1.96 bits per heavy atom. The minimum Gasteiger partial charge on any atom is -0.341 e. The van der Waals surface area contributed by atoms with E-state index in [1.54, 1.807) is 13.8 Å². The molecule has 0 unspecified atom stereocenters. The maximum absolute atomic E-state index is 12.9. The lowest BCUT2D eigenvalue weighted by molar-refractivity contribution is -0.131. The van der Waals surface area contributed by atoms with Crippen molar-refractivity contribution in [3.8, 4) is 0 Å². The fourth-order valence-electron chi connectivity index (χ4n) is 3.13. The first-order valence-electron chi connectivity index (χ1n) is 8.19. The van der Waals surface area contributed by atoms with E-state index in [-0.39, 0.29) is 10.8 Å². The van der Waals surface area contributed by atoms with E-state index in [1.807, 2.05) is 4.90 Å². The highest BCUT2D eigenvalue weighted by molar-refractivity contribution is 7.89. The topological polar surface area (TPSA) is 86.4 Å². The van der Waals surface area contributed by atoms with E-state index in [0.717, 1.165) is 12.8 Å². The van der Waals surface area contributed by atoms with E-state index in [0.29, 0.717) is 56.3 Å². The standard InChI is InChI=1S/C15H24N4O3S/c1-11-15(12(2)17-16-11)23(21,22)19-7-3-6-18(8-9-19)14(20)10-13-4-5-13/h13H,3-10H2,1-2H3,(H,16,17). The summed E-state index contributed by atoms with van der Waals surface area (Å²) >= 11 is 0. The lowest BCUT2D eigenvalue weighted by Gasteiger charge is -2.22. The van der Waals surface area contributed by atoms with Gasteiger partial charge in [0.1, 0.15) is 4.90 Å². The summed E-state index contributed by atoms with van der Waals surface area (Å²) in [5.41, 5.74) is 1.06. The Morgan fingerprint density at radius 3 is 2.57 bits per heavy atom. The average Bonchev–Trinajstić information content (AvgIpc) is 3.26. The number of nitrogens with one attached hydrogen (secondary N) is 1. The zero-order chi connectivity index (χ0) is 16.6. The number of aromatic nitrogens is 2. The van der Waals surface area contributed by atoms with E-state index in [1.165, 1.54) is 4.31 Å². The zero-order valence-corrected chi connectivity index (χ0v) is 14.5. The van der Waals surface area contributed by atoms with Crippen LogP contribution in [0.2, 0.25) is 0 Å². The van der Waals surface area contributed by atoms with Gasteiger partial charge in [0.25, 0.3) is 0 Å². The SMILES string of the molecule is Cc1n[nH]c(C)c1S(=O)(=O)N1CCCN(C(=O)CC2CC2)CC1. The third kappa shape index (κ3) is 3.42. The summed E-state index contributed by atoms with van der Waals surface area (Å²) in [6.07, 6.45) is 3.59. The van der Waals surface area contributed by atoms with Gasteiger partial charge in [-0.15, -0.1) is 0 Å². The third-order valence-electron chi connectivity index (χ3n) is 4.63. The minimum atomic E-state index is -3.56. The minimum absolute atomic E-state index is 0.169. The third-order valence-corrected chi connectivity index (χ3v) is 6.79. The molecule has 2 heterocycles. The molecule has 8 heteroatoms. The van der Waals surface area contributed by atoms with Crippen molar-refractivity contribution in [1.82, 2.24) is 19.4 Å². The zero-order valence-electron chi connectivity index (χ0n) is 13.7. The van der Waals surface area contributed by atoms with Crippen LogP contribution >= 0.6 is 0 Å². The molecule has 7 nitrogen and oxygen atoms in total. The van der Waals surface area contributed by atoms with E-state index in [9.17, 15) is 13.2 Å². The number of rotatable bonds is 4. The van der Waals surface area contributed by atoms with E-state index >= 15 is 0 Å². The van der Waals surface area contributed by atoms with Crippen LogP contribution in [0.5, 0.6) is 0 Å². The molecular formula is C15H24N4O3S. The van der Waals surface area contributed by atoms with Crippen LogP contribution in [0, 0.1) is 19.8 Å². The van der Waals surface area contributed by atoms with Gasteiger partial charge in [0, 0.05) is 32.6 Å². The first-order chi connectivity index (χ1) is 10.9. The van der Waals surface area contributed by atoms with Crippen molar-refractivity contribution in [3.63, 3.8) is 0 Å². The predicted octanol–water partition coefficient (Wildman–Crippen LogP) is 1.05. The van der Waals surface area contributed by atoms with Crippen molar-refractivity contribution < 1.29 is 13.2 Å². The number of amides is 1. The fraction of sp³-hybridized carbons (Fsp3) is 0.733. The highest BCUT2D eigenvalue weighted by Gasteiger charge is 2.33. The van der Waals surface area contributed by atoms with Crippen molar-refractivity contribution in [2.24, 2.45) is 5.92 Å². The number of nitrogens with zero attached hydrogens (tertiary/aromatic N) is 3. The summed E-state index contributed by atoms with van der Waals surface area (Å²) in [7, 11) is -3.56. The summed E-state index contributed by atoms with van der Waals surface area (Å²) in [6.45, 7) is 5.32. The molecule has 0 atom stereocenters. The number of H-pyrrole nitrogens is 1. The number of hydrogen-bond donors (Lipinski definition) is 1. The van der Waals surface area contributed by atoms with Crippen LogP contribution in [0.3, 0.4) is 0 Å². The van der Waals surface area contributed by atoms with Gasteiger partial charge in [-0.05, 0) is 39.0 Å². The quantitative estimate of drug-likeness (QED) is 0.887. The average molecular weight is 340 g/mol. The van der Waals surface area contributed by atoms with Gasteiger partial charge in [-0.1, -0.05) is 0 Å². The van der Waals surface area contributed by atoms with Crippen molar-refractivity contribution in [3.05, 3.63) is 11.4 Å². The molecule has 1 saturated carbocycles. The van der Waals surface area contributed by atoms with Crippen molar-refractivity contribution >= 4 is 15.9 Å². The van der Waals surface area contributed by atoms with Crippen molar-refractivity contribution in [2.75, 3.05) is 26.2 Å². The Bertz CT molecular complexity index is 674. The highest BCUT2D eigenvalue weighted by Crippen LogP contribution is 2.33. The van der Waals surface area contributed by atoms with Crippen LogP contribution in [0.15, 0.2) is 4.90 Å². The first kappa shape index (κ1) is 16.4. The van der Waals surface area contributed by atoms with Gasteiger partial charge in [0.2, 0.25) is 15.9 Å². The molecule has 1 aliphatic heterocycles. The molecule has 2 aliphatic rings. The predicted molar refractivity (Wildman–Crippen MR) is 85.4 cm³/mol. The Kier molecular flexibility index (Phi) is 4.46. The Labute approximate surface area is 137 Å². The Hall–Kier alpha value is -1.41. The normalized spacial score (nSPS) is 20.5. The Balaban J connectivity index is 1.71. The second kappa shape index (κ2) is 6.24. The second-order valence-corrected chi connectivity index (χ2v) is 8.42. The maximum Gasteiger partial charge on any atom is 0.246 e. The fourth-order valence-corrected chi connectivity index (χ4v) is 4.93. The number of aromatic amines is 1. The molecule has 2 fully saturated rings. The molecule has 1 saturated heterocycles. The monoisotopic (exact) mass is 340 g/mol. The largest absolute Gasteiger partial charge is 0.341 e. The van der Waals surface area contributed by atoms with Crippen LogP contribution < -0.4 is 0 Å². The molecule has 0 bridgehead atoms. The number of carbonyl (C=O) groups is 1. The van der Waals surface area contributed by atoms with Gasteiger partial charge in [0.15, 0.2) is 0 Å². The van der Waals surface area contributed by atoms with Crippen LogP contribution in [0.4, 0.5) is 0 Å². The summed E-state index contributed by atoms with van der Waals surface area (Å²) in [5.74, 6) is 0.726. The number of sulfonamides is 1. The molecule has 0 spiro atoms. The van der Waals surface area contributed by atoms with Crippen LogP contribution in [-0.4, -0.2) is 59.9 Å². The van der Waals surface area contributed by atoms with E-state index < -0.39 is 10.0 Å². The lowest BCUT2D eigenvalue weighted by Crippen LogP contribution is -2.37. The van der Waals surface area contributed by atoms with Crippen molar-refractivity contribution in [2.45, 2.75) is 44.4 Å². The van der Waals surface area contributed by atoms with Gasteiger partial charge < -0.3 is 4.90 Å². The molecule has 23 heavy (non-hydrogen) atoms. The number of hydrogen-bond acceptors (Lipinski definition) is 4. The number of carbonyl (C=O) groups excluding carboxylic acids is 1. The van der Waals surface area contributed by atoms with E-state index in [2.05, 4.69) is 10.2 Å². The molecule has 3 rings (SSSR count). The first-order valence-corrected chi connectivity index (χ1v) is 9.63. The van der Waals surface area contributed by atoms with Gasteiger partial charge >= 0.3 is 0 Å². The molecule has 1 aliphatic carbocycles. The maximum atomic E-state index is 12.9. The lowest BCUT2D eigenvalue weighted by atomic mass is 10.2. The molecule has 128 valence electrons. The van der Waals surface area contributed by atoms with Gasteiger partial charge in [0.05, 0.1) is 11.4 Å². The molecule has 0 radical (unpaired) electrons. The number of aryl methyl sites for hydroxylation is 2. The summed E-state index contributed by atoms with van der Waals surface area (Å²) < 4.78 is 27.2. The Morgan fingerprint density at radius 1 is 1.22 bits per heavy atom. The second-order valence-electron chi connectivity index (χ2n) is 6.55. The van der Waals surface area contributed by atoms with Crippen molar-refractivity contribution in [1.29, 1.82) is 0 Å². The molecular weight excluding hydrogens is 316 g/mol. The summed E-state index contributed by atoms with van der Waals surface area (Å²) in [5, 5.41) is 6.72. The van der Waals surface area contributed by atoms with E-state index in [4.69, 9.17) is 0 Å².